The number of carboxylic acids is 1. The van der Waals surface area contributed by atoms with Gasteiger partial charge in [0.1, 0.15) is 0 Å². The van der Waals surface area contributed by atoms with Crippen LogP contribution in [0.5, 0.6) is 0 Å². The van der Waals surface area contributed by atoms with Gasteiger partial charge in [-0.3, -0.25) is 4.79 Å². The van der Waals surface area contributed by atoms with Gasteiger partial charge in [0.25, 0.3) is 0 Å². The maximum Gasteiger partial charge on any atom is 0.337 e. The summed E-state index contributed by atoms with van der Waals surface area (Å²) in [6.45, 7) is 0.594. The number of methoxy groups -OCH3 is 1. The predicted molar refractivity (Wildman–Crippen MR) is 76.2 cm³/mol. The molecule has 2 N–H and O–H groups in total. The molecule has 0 saturated carbocycles. The van der Waals surface area contributed by atoms with E-state index in [1.54, 1.807) is 7.11 Å². The summed E-state index contributed by atoms with van der Waals surface area (Å²) in [5.74, 6) is -0.220. The highest BCUT2D eigenvalue weighted by Crippen LogP contribution is 2.21. The number of rotatable bonds is 7. The van der Waals surface area contributed by atoms with Crippen LogP contribution < -0.4 is 5.32 Å². The van der Waals surface area contributed by atoms with E-state index in [9.17, 15) is 9.59 Å². The van der Waals surface area contributed by atoms with Crippen LogP contribution in [0.1, 0.15) is 10.4 Å². The first-order valence-electron chi connectivity index (χ1n) is 5.44. The summed E-state index contributed by atoms with van der Waals surface area (Å²) in [5, 5.41) is 11.6. The lowest BCUT2D eigenvalue weighted by Gasteiger charge is -2.06. The zero-order valence-electron chi connectivity index (χ0n) is 10.3. The van der Waals surface area contributed by atoms with Crippen LogP contribution in [0.15, 0.2) is 18.2 Å². The lowest BCUT2D eigenvalue weighted by atomic mass is 10.2. The minimum absolute atomic E-state index is 0.00846. The quantitative estimate of drug-likeness (QED) is 0.756. The van der Waals surface area contributed by atoms with Gasteiger partial charge in [0.2, 0.25) is 5.91 Å². The molecule has 0 fully saturated rings. The molecule has 0 aromatic heterocycles. The van der Waals surface area contributed by atoms with Crippen LogP contribution in [0, 0.1) is 0 Å². The Hall–Kier alpha value is -1.24. The normalized spacial score (nSPS) is 10.2. The molecule has 19 heavy (non-hydrogen) atoms. The number of hydrogen-bond donors (Lipinski definition) is 2. The zero-order valence-corrected chi connectivity index (χ0v) is 11.9. The molecule has 0 unspecified atom stereocenters. The molecule has 0 aliphatic rings. The van der Waals surface area contributed by atoms with Crippen molar-refractivity contribution < 1.29 is 19.4 Å². The Balaban J connectivity index is 2.51. The second kappa shape index (κ2) is 8.04. The topological polar surface area (TPSA) is 75.6 Å². The van der Waals surface area contributed by atoms with Crippen molar-refractivity contribution in [2.24, 2.45) is 0 Å². The molecule has 0 heterocycles. The Morgan fingerprint density at radius 3 is 2.79 bits per heavy atom. The Labute approximate surface area is 120 Å². The highest BCUT2D eigenvalue weighted by atomic mass is 35.5. The van der Waals surface area contributed by atoms with E-state index in [-0.39, 0.29) is 16.5 Å². The average Bonchev–Trinajstić information content (AvgIpc) is 2.34. The number of amides is 1. The second-order valence-electron chi connectivity index (χ2n) is 3.59. The van der Waals surface area contributed by atoms with E-state index in [0.717, 1.165) is 5.75 Å². The molecule has 1 amide bonds. The Bertz CT molecular complexity index is 467. The molecule has 1 aromatic carbocycles. The Morgan fingerprint density at radius 1 is 1.47 bits per heavy atom. The number of carbonyl (C=O) groups is 2. The number of halogens is 1. The molecule has 0 spiro atoms. The van der Waals surface area contributed by atoms with Crippen molar-refractivity contribution in [3.8, 4) is 0 Å². The van der Waals surface area contributed by atoms with Crippen LogP contribution in [0.2, 0.25) is 5.02 Å². The zero-order chi connectivity index (χ0) is 14.3. The molecular weight excluding hydrogens is 290 g/mol. The summed E-state index contributed by atoms with van der Waals surface area (Å²) in [7, 11) is 1.60. The number of benzene rings is 1. The molecule has 0 saturated heterocycles. The molecule has 0 aliphatic heterocycles. The number of anilines is 1. The maximum atomic E-state index is 11.6. The highest BCUT2D eigenvalue weighted by molar-refractivity contribution is 7.99. The molecule has 1 rings (SSSR count). The first kappa shape index (κ1) is 15.8. The van der Waals surface area contributed by atoms with Gasteiger partial charge >= 0.3 is 5.97 Å². The van der Waals surface area contributed by atoms with Gasteiger partial charge in [-0.15, -0.1) is 11.8 Å². The van der Waals surface area contributed by atoms with Crippen LogP contribution in [0.4, 0.5) is 5.69 Å². The highest BCUT2D eigenvalue weighted by Gasteiger charge is 2.10. The second-order valence-corrected chi connectivity index (χ2v) is 5.11. The Morgan fingerprint density at radius 2 is 2.21 bits per heavy atom. The standard InChI is InChI=1S/C12H14ClNO4S/c1-18-4-5-19-7-11(15)14-8-2-3-9(12(16)17)10(13)6-8/h2-3,6H,4-5,7H2,1H3,(H,14,15)(H,16,17). The fraction of sp³-hybridized carbons (Fsp3) is 0.333. The average molecular weight is 304 g/mol. The summed E-state index contributed by atoms with van der Waals surface area (Å²) in [4.78, 5) is 22.3. The summed E-state index contributed by atoms with van der Waals surface area (Å²) in [6.07, 6.45) is 0. The maximum absolute atomic E-state index is 11.6. The van der Waals surface area contributed by atoms with Gasteiger partial charge in [-0.2, -0.15) is 0 Å². The number of carbonyl (C=O) groups excluding carboxylic acids is 1. The van der Waals surface area contributed by atoms with Crippen LogP contribution in [-0.2, 0) is 9.53 Å². The lowest BCUT2D eigenvalue weighted by Crippen LogP contribution is -2.15. The van der Waals surface area contributed by atoms with Crippen molar-refractivity contribution in [1.82, 2.24) is 0 Å². The van der Waals surface area contributed by atoms with E-state index in [1.165, 1.54) is 30.0 Å². The van der Waals surface area contributed by atoms with Gasteiger partial charge in [0, 0.05) is 18.6 Å². The first-order chi connectivity index (χ1) is 9.04. The van der Waals surface area contributed by atoms with E-state index in [4.69, 9.17) is 21.4 Å². The van der Waals surface area contributed by atoms with E-state index in [1.807, 2.05) is 0 Å². The third-order valence-corrected chi connectivity index (χ3v) is 3.38. The summed E-state index contributed by atoms with van der Waals surface area (Å²) >= 11 is 7.25. The van der Waals surface area contributed by atoms with Crippen molar-refractivity contribution in [3.05, 3.63) is 28.8 Å². The van der Waals surface area contributed by atoms with Crippen molar-refractivity contribution >= 4 is 40.9 Å². The van der Waals surface area contributed by atoms with Gasteiger partial charge < -0.3 is 15.2 Å². The molecule has 0 bridgehead atoms. The molecule has 0 radical (unpaired) electrons. The van der Waals surface area contributed by atoms with Gasteiger partial charge in [0.05, 0.1) is 22.9 Å². The van der Waals surface area contributed by atoms with Crippen molar-refractivity contribution in [1.29, 1.82) is 0 Å². The molecule has 5 nitrogen and oxygen atoms in total. The van der Waals surface area contributed by atoms with Gasteiger partial charge in [-0.05, 0) is 18.2 Å². The molecule has 0 atom stereocenters. The fourth-order valence-corrected chi connectivity index (χ4v) is 2.22. The lowest BCUT2D eigenvalue weighted by molar-refractivity contribution is -0.113. The number of aromatic carboxylic acids is 1. The number of nitrogens with one attached hydrogen (secondary N) is 1. The van der Waals surface area contributed by atoms with E-state index in [0.29, 0.717) is 18.0 Å². The number of carboxylic acid groups (broad SMARTS) is 1. The summed E-state index contributed by atoms with van der Waals surface area (Å²) in [6, 6.07) is 4.29. The van der Waals surface area contributed by atoms with Gasteiger partial charge in [-0.1, -0.05) is 11.6 Å². The molecule has 1 aromatic rings. The monoisotopic (exact) mass is 303 g/mol. The minimum atomic E-state index is -1.10. The number of ether oxygens (including phenoxy) is 1. The SMILES string of the molecule is COCCSCC(=O)Nc1ccc(C(=O)O)c(Cl)c1. The summed E-state index contributed by atoms with van der Waals surface area (Å²) < 4.78 is 4.87. The van der Waals surface area contributed by atoms with Gasteiger partial charge in [0.15, 0.2) is 0 Å². The minimum Gasteiger partial charge on any atom is -0.478 e. The third kappa shape index (κ3) is 5.50. The first-order valence-corrected chi connectivity index (χ1v) is 6.97. The Kier molecular flexibility index (Phi) is 6.69. The van der Waals surface area contributed by atoms with Crippen LogP contribution in [0.3, 0.4) is 0 Å². The van der Waals surface area contributed by atoms with Crippen LogP contribution in [0.25, 0.3) is 0 Å². The number of hydrogen-bond acceptors (Lipinski definition) is 4. The van der Waals surface area contributed by atoms with Gasteiger partial charge in [-0.25, -0.2) is 4.79 Å². The van der Waals surface area contributed by atoms with Crippen LogP contribution in [-0.4, -0.2) is 42.2 Å². The largest absolute Gasteiger partial charge is 0.478 e. The van der Waals surface area contributed by atoms with E-state index in [2.05, 4.69) is 5.32 Å². The smallest absolute Gasteiger partial charge is 0.337 e. The van der Waals surface area contributed by atoms with E-state index >= 15 is 0 Å². The third-order valence-electron chi connectivity index (χ3n) is 2.15. The van der Waals surface area contributed by atoms with Crippen molar-refractivity contribution in [2.45, 2.75) is 0 Å². The molecule has 104 valence electrons. The van der Waals surface area contributed by atoms with E-state index < -0.39 is 5.97 Å². The summed E-state index contributed by atoms with van der Waals surface area (Å²) in [5.41, 5.74) is 0.487. The molecule has 0 aliphatic carbocycles. The van der Waals surface area contributed by atoms with Crippen molar-refractivity contribution in [3.63, 3.8) is 0 Å². The fourth-order valence-electron chi connectivity index (χ4n) is 1.27. The number of thioether (sulfide) groups is 1. The van der Waals surface area contributed by atoms with Crippen molar-refractivity contribution in [2.75, 3.05) is 30.5 Å². The molecule has 7 heteroatoms. The molecular formula is C12H14ClNO4S. The predicted octanol–water partition coefficient (Wildman–Crippen LogP) is 2.36. The van der Waals surface area contributed by atoms with Crippen LogP contribution >= 0.6 is 23.4 Å².